The monoisotopic (exact) mass is 180 g/mol. The molecule has 0 spiro atoms. The fourth-order valence-corrected chi connectivity index (χ4v) is 2.31. The van der Waals surface area contributed by atoms with Gasteiger partial charge in [0.05, 0.1) is 5.60 Å². The highest BCUT2D eigenvalue weighted by Crippen LogP contribution is 2.37. The first kappa shape index (κ1) is 10.6. The van der Waals surface area contributed by atoms with Crippen molar-refractivity contribution in [2.75, 3.05) is 0 Å². The highest BCUT2D eigenvalue weighted by atomic mass is 16.3. The summed E-state index contributed by atoms with van der Waals surface area (Å²) < 4.78 is 0. The van der Waals surface area contributed by atoms with Crippen molar-refractivity contribution in [1.82, 2.24) is 0 Å². The Morgan fingerprint density at radius 1 is 1.62 bits per heavy atom. The van der Waals surface area contributed by atoms with Crippen LogP contribution in [-0.4, -0.2) is 10.7 Å². The maximum Gasteiger partial charge on any atom is 0.0759 e. The Morgan fingerprint density at radius 3 is 2.85 bits per heavy atom. The van der Waals surface area contributed by atoms with Gasteiger partial charge >= 0.3 is 0 Å². The molecule has 2 unspecified atom stereocenters. The average Bonchev–Trinajstić information content (AvgIpc) is 2.04. The van der Waals surface area contributed by atoms with Crippen molar-refractivity contribution >= 4 is 0 Å². The van der Waals surface area contributed by atoms with E-state index in [1.807, 2.05) is 0 Å². The standard InChI is InChI=1S/C12H20O/c1-4-7-12(13)8-5-6-11(9-12)10(2)3/h1,10-11,13H,5-9H2,2-3H3. The molecule has 1 saturated carbocycles. The highest BCUT2D eigenvalue weighted by Gasteiger charge is 2.34. The van der Waals surface area contributed by atoms with Crippen molar-refractivity contribution in [3.05, 3.63) is 0 Å². The molecule has 1 nitrogen and oxygen atoms in total. The molecular weight excluding hydrogens is 160 g/mol. The molecule has 2 atom stereocenters. The second-order valence-corrected chi connectivity index (χ2v) is 4.71. The molecule has 1 aliphatic carbocycles. The summed E-state index contributed by atoms with van der Waals surface area (Å²) in [6, 6.07) is 0. The van der Waals surface area contributed by atoms with Gasteiger partial charge in [-0.1, -0.05) is 20.3 Å². The van der Waals surface area contributed by atoms with Gasteiger partial charge in [0.2, 0.25) is 0 Å². The van der Waals surface area contributed by atoms with E-state index in [9.17, 15) is 5.11 Å². The largest absolute Gasteiger partial charge is 0.389 e. The van der Waals surface area contributed by atoms with E-state index in [2.05, 4.69) is 19.8 Å². The van der Waals surface area contributed by atoms with Gasteiger partial charge in [0.15, 0.2) is 0 Å². The topological polar surface area (TPSA) is 20.2 Å². The summed E-state index contributed by atoms with van der Waals surface area (Å²) in [7, 11) is 0. The summed E-state index contributed by atoms with van der Waals surface area (Å²) in [5.41, 5.74) is -0.554. The van der Waals surface area contributed by atoms with Crippen molar-refractivity contribution in [1.29, 1.82) is 0 Å². The molecule has 0 bridgehead atoms. The molecule has 0 radical (unpaired) electrons. The van der Waals surface area contributed by atoms with Crippen LogP contribution >= 0.6 is 0 Å². The second-order valence-electron chi connectivity index (χ2n) is 4.71. The molecule has 0 amide bonds. The first-order valence-electron chi connectivity index (χ1n) is 5.23. The van der Waals surface area contributed by atoms with Crippen molar-refractivity contribution in [2.45, 2.75) is 51.6 Å². The summed E-state index contributed by atoms with van der Waals surface area (Å²) in [5.74, 6) is 3.92. The van der Waals surface area contributed by atoms with Gasteiger partial charge in [-0.05, 0) is 31.1 Å². The third-order valence-electron chi connectivity index (χ3n) is 3.23. The van der Waals surface area contributed by atoms with Gasteiger partial charge in [-0.2, -0.15) is 0 Å². The van der Waals surface area contributed by atoms with Crippen molar-refractivity contribution < 1.29 is 5.11 Å². The summed E-state index contributed by atoms with van der Waals surface area (Å²) in [6.07, 6.45) is 9.95. The van der Waals surface area contributed by atoms with Crippen LogP contribution in [-0.2, 0) is 0 Å². The number of aliphatic hydroxyl groups is 1. The zero-order valence-electron chi connectivity index (χ0n) is 8.71. The Balaban J connectivity index is 2.55. The molecule has 0 aromatic carbocycles. The molecule has 1 heteroatoms. The van der Waals surface area contributed by atoms with Crippen molar-refractivity contribution in [2.24, 2.45) is 11.8 Å². The Labute approximate surface area is 81.5 Å². The molecule has 1 aliphatic rings. The van der Waals surface area contributed by atoms with Crippen LogP contribution in [0.4, 0.5) is 0 Å². The van der Waals surface area contributed by atoms with Crippen LogP contribution in [0.5, 0.6) is 0 Å². The minimum atomic E-state index is -0.554. The fraction of sp³-hybridized carbons (Fsp3) is 0.833. The third-order valence-corrected chi connectivity index (χ3v) is 3.23. The predicted octanol–water partition coefficient (Wildman–Crippen LogP) is 2.59. The Bertz CT molecular complexity index is 202. The second kappa shape index (κ2) is 4.15. The first-order valence-corrected chi connectivity index (χ1v) is 5.23. The molecule has 0 heterocycles. The minimum absolute atomic E-state index is 0.524. The van der Waals surface area contributed by atoms with Crippen LogP contribution in [0, 0.1) is 24.2 Å². The smallest absolute Gasteiger partial charge is 0.0759 e. The molecular formula is C12H20O. The summed E-state index contributed by atoms with van der Waals surface area (Å²) in [4.78, 5) is 0. The quantitative estimate of drug-likeness (QED) is 0.648. The van der Waals surface area contributed by atoms with E-state index in [0.29, 0.717) is 18.3 Å². The fourth-order valence-electron chi connectivity index (χ4n) is 2.31. The molecule has 0 aliphatic heterocycles. The first-order chi connectivity index (χ1) is 6.07. The van der Waals surface area contributed by atoms with E-state index in [4.69, 9.17) is 6.42 Å². The van der Waals surface area contributed by atoms with E-state index in [-0.39, 0.29) is 0 Å². The van der Waals surface area contributed by atoms with E-state index in [1.54, 1.807) is 0 Å². The van der Waals surface area contributed by atoms with Crippen molar-refractivity contribution in [3.63, 3.8) is 0 Å². The maximum atomic E-state index is 10.1. The van der Waals surface area contributed by atoms with E-state index >= 15 is 0 Å². The Hall–Kier alpha value is -0.480. The lowest BCUT2D eigenvalue weighted by molar-refractivity contribution is -0.0200. The molecule has 1 N–H and O–H groups in total. The predicted molar refractivity (Wildman–Crippen MR) is 55.2 cm³/mol. The molecule has 0 aromatic heterocycles. The average molecular weight is 180 g/mol. The number of hydrogen-bond acceptors (Lipinski definition) is 1. The van der Waals surface area contributed by atoms with Crippen LogP contribution in [0.25, 0.3) is 0 Å². The number of rotatable bonds is 2. The van der Waals surface area contributed by atoms with Gasteiger partial charge in [0.1, 0.15) is 0 Å². The molecule has 0 aromatic rings. The normalized spacial score (nSPS) is 34.5. The lowest BCUT2D eigenvalue weighted by Crippen LogP contribution is -2.36. The van der Waals surface area contributed by atoms with Crippen LogP contribution in [0.3, 0.4) is 0 Å². The molecule has 1 fully saturated rings. The van der Waals surface area contributed by atoms with Gasteiger partial charge in [-0.15, -0.1) is 12.3 Å². The Kier molecular flexibility index (Phi) is 3.39. The van der Waals surface area contributed by atoms with Gasteiger partial charge in [-0.3, -0.25) is 0 Å². The zero-order valence-corrected chi connectivity index (χ0v) is 8.71. The van der Waals surface area contributed by atoms with E-state index in [1.165, 1.54) is 6.42 Å². The van der Waals surface area contributed by atoms with Crippen LogP contribution < -0.4 is 0 Å². The van der Waals surface area contributed by atoms with Crippen LogP contribution in [0.1, 0.15) is 46.0 Å². The van der Waals surface area contributed by atoms with Gasteiger partial charge < -0.3 is 5.11 Å². The number of hydrogen-bond donors (Lipinski definition) is 1. The summed E-state index contributed by atoms with van der Waals surface area (Å²) in [6.45, 7) is 4.46. The highest BCUT2D eigenvalue weighted by molar-refractivity contribution is 4.98. The lowest BCUT2D eigenvalue weighted by Gasteiger charge is -2.37. The molecule has 74 valence electrons. The van der Waals surface area contributed by atoms with Crippen LogP contribution in [0.2, 0.25) is 0 Å². The lowest BCUT2D eigenvalue weighted by atomic mass is 9.72. The summed E-state index contributed by atoms with van der Waals surface area (Å²) >= 11 is 0. The zero-order chi connectivity index (χ0) is 9.90. The Morgan fingerprint density at radius 2 is 2.31 bits per heavy atom. The van der Waals surface area contributed by atoms with E-state index < -0.39 is 5.60 Å². The van der Waals surface area contributed by atoms with Gasteiger partial charge in [-0.25, -0.2) is 0 Å². The van der Waals surface area contributed by atoms with Crippen molar-refractivity contribution in [3.8, 4) is 12.3 Å². The molecule has 1 rings (SSSR count). The van der Waals surface area contributed by atoms with Gasteiger partial charge in [0.25, 0.3) is 0 Å². The third kappa shape index (κ3) is 2.74. The maximum absolute atomic E-state index is 10.1. The summed E-state index contributed by atoms with van der Waals surface area (Å²) in [5, 5.41) is 10.1. The minimum Gasteiger partial charge on any atom is -0.389 e. The number of terminal acetylenes is 1. The van der Waals surface area contributed by atoms with Gasteiger partial charge in [0, 0.05) is 6.42 Å². The molecule has 13 heavy (non-hydrogen) atoms. The van der Waals surface area contributed by atoms with Crippen LogP contribution in [0.15, 0.2) is 0 Å². The van der Waals surface area contributed by atoms with E-state index in [0.717, 1.165) is 19.3 Å². The molecule has 0 saturated heterocycles. The SMILES string of the molecule is C#CCC1(O)CCCC(C(C)C)C1.